The van der Waals surface area contributed by atoms with Crippen molar-refractivity contribution in [3.8, 4) is 0 Å². The molecular formula is C23H37N5O2. The number of benzene rings is 1. The van der Waals surface area contributed by atoms with Crippen LogP contribution in [0.2, 0.25) is 0 Å². The van der Waals surface area contributed by atoms with Gasteiger partial charge in [0.05, 0.1) is 6.04 Å². The standard InChI is InChI=1S/C23H37N5O2/c1-23(2,3)30-22(29)26-20-11-14-28(17-20)21(24-4)25-15-18-7-9-19(10-8-18)16-27-12-5-6-13-27/h7-10,20H,5-6,11-17H2,1-4H3,(H,24,25)(H,26,29). The molecule has 0 spiro atoms. The van der Waals surface area contributed by atoms with E-state index in [-0.39, 0.29) is 12.1 Å². The summed E-state index contributed by atoms with van der Waals surface area (Å²) in [5, 5.41) is 6.42. The summed E-state index contributed by atoms with van der Waals surface area (Å²) in [7, 11) is 1.80. The van der Waals surface area contributed by atoms with Crippen LogP contribution in [0.5, 0.6) is 0 Å². The van der Waals surface area contributed by atoms with Gasteiger partial charge < -0.3 is 20.3 Å². The Morgan fingerprint density at radius 1 is 1.13 bits per heavy atom. The summed E-state index contributed by atoms with van der Waals surface area (Å²) < 4.78 is 5.36. The van der Waals surface area contributed by atoms with Crippen molar-refractivity contribution < 1.29 is 9.53 Å². The largest absolute Gasteiger partial charge is 0.444 e. The Labute approximate surface area is 180 Å². The van der Waals surface area contributed by atoms with Crippen LogP contribution in [0.15, 0.2) is 29.3 Å². The van der Waals surface area contributed by atoms with Gasteiger partial charge in [0.15, 0.2) is 5.96 Å². The summed E-state index contributed by atoms with van der Waals surface area (Å²) in [6.45, 7) is 11.4. The van der Waals surface area contributed by atoms with Crippen LogP contribution in [0.3, 0.4) is 0 Å². The lowest BCUT2D eigenvalue weighted by Gasteiger charge is -2.23. The SMILES string of the molecule is CN=C(NCc1ccc(CN2CCCC2)cc1)N1CCC(NC(=O)OC(C)(C)C)C1. The lowest BCUT2D eigenvalue weighted by molar-refractivity contribution is 0.0507. The second-order valence-corrected chi connectivity index (χ2v) is 9.28. The Bertz CT molecular complexity index is 720. The van der Waals surface area contributed by atoms with Crippen molar-refractivity contribution >= 4 is 12.1 Å². The molecule has 2 N–H and O–H groups in total. The molecule has 0 aliphatic carbocycles. The van der Waals surface area contributed by atoms with E-state index in [9.17, 15) is 4.79 Å². The molecule has 0 bridgehead atoms. The van der Waals surface area contributed by atoms with Crippen LogP contribution < -0.4 is 10.6 Å². The zero-order valence-electron chi connectivity index (χ0n) is 18.9. The number of likely N-dealkylation sites (tertiary alicyclic amines) is 2. The monoisotopic (exact) mass is 415 g/mol. The maximum atomic E-state index is 12.0. The minimum Gasteiger partial charge on any atom is -0.444 e. The molecule has 166 valence electrons. The maximum Gasteiger partial charge on any atom is 0.407 e. The fraction of sp³-hybridized carbons (Fsp3) is 0.652. The molecule has 30 heavy (non-hydrogen) atoms. The topological polar surface area (TPSA) is 69.2 Å². The molecule has 2 heterocycles. The molecule has 2 aliphatic heterocycles. The quantitative estimate of drug-likeness (QED) is 0.572. The predicted octanol–water partition coefficient (Wildman–Crippen LogP) is 2.96. The van der Waals surface area contributed by atoms with Crippen LogP contribution in [0.1, 0.15) is 51.2 Å². The second kappa shape index (κ2) is 10.2. The van der Waals surface area contributed by atoms with E-state index < -0.39 is 5.60 Å². The van der Waals surface area contributed by atoms with Gasteiger partial charge in [-0.3, -0.25) is 9.89 Å². The van der Waals surface area contributed by atoms with Gasteiger partial charge >= 0.3 is 6.09 Å². The molecule has 1 atom stereocenters. The second-order valence-electron chi connectivity index (χ2n) is 9.28. The van der Waals surface area contributed by atoms with Crippen molar-refractivity contribution in [3.05, 3.63) is 35.4 Å². The van der Waals surface area contributed by atoms with Gasteiger partial charge in [0.2, 0.25) is 0 Å². The highest BCUT2D eigenvalue weighted by Gasteiger charge is 2.27. The lowest BCUT2D eigenvalue weighted by atomic mass is 10.1. The molecule has 2 aliphatic rings. The van der Waals surface area contributed by atoms with Gasteiger partial charge in [0.25, 0.3) is 0 Å². The zero-order valence-corrected chi connectivity index (χ0v) is 18.9. The van der Waals surface area contributed by atoms with Crippen molar-refractivity contribution in [1.29, 1.82) is 0 Å². The van der Waals surface area contributed by atoms with Crippen LogP contribution in [0.25, 0.3) is 0 Å². The highest BCUT2D eigenvalue weighted by atomic mass is 16.6. The molecule has 7 nitrogen and oxygen atoms in total. The van der Waals surface area contributed by atoms with Gasteiger partial charge in [-0.1, -0.05) is 24.3 Å². The summed E-state index contributed by atoms with van der Waals surface area (Å²) in [5.41, 5.74) is 2.13. The van der Waals surface area contributed by atoms with E-state index in [0.29, 0.717) is 0 Å². The van der Waals surface area contributed by atoms with E-state index in [4.69, 9.17) is 4.74 Å². The third-order valence-corrected chi connectivity index (χ3v) is 5.50. The maximum absolute atomic E-state index is 12.0. The molecule has 0 aromatic heterocycles. The Kier molecular flexibility index (Phi) is 7.58. The summed E-state index contributed by atoms with van der Waals surface area (Å²) in [5.74, 6) is 0.865. The van der Waals surface area contributed by atoms with Crippen molar-refractivity contribution in [2.75, 3.05) is 33.2 Å². The molecule has 2 saturated heterocycles. The molecule has 1 unspecified atom stereocenters. The van der Waals surface area contributed by atoms with E-state index in [0.717, 1.165) is 38.6 Å². The molecule has 1 amide bonds. The Hall–Kier alpha value is -2.28. The van der Waals surface area contributed by atoms with Gasteiger partial charge in [0.1, 0.15) is 5.60 Å². The first-order valence-corrected chi connectivity index (χ1v) is 11.1. The number of guanidine groups is 1. The smallest absolute Gasteiger partial charge is 0.407 e. The number of ether oxygens (including phenoxy) is 1. The number of rotatable bonds is 5. The normalized spacial score (nSPS) is 20.5. The number of aliphatic imine (C=N–C) groups is 1. The van der Waals surface area contributed by atoms with E-state index in [1.807, 2.05) is 20.8 Å². The van der Waals surface area contributed by atoms with E-state index in [1.54, 1.807) is 7.05 Å². The minimum absolute atomic E-state index is 0.0725. The highest BCUT2D eigenvalue weighted by Crippen LogP contribution is 2.14. The molecule has 2 fully saturated rings. The summed E-state index contributed by atoms with van der Waals surface area (Å²) in [4.78, 5) is 21.1. The Balaban J connectivity index is 1.44. The number of amides is 1. The average molecular weight is 416 g/mol. The van der Waals surface area contributed by atoms with Crippen LogP contribution >= 0.6 is 0 Å². The third-order valence-electron chi connectivity index (χ3n) is 5.50. The van der Waals surface area contributed by atoms with Gasteiger partial charge in [-0.05, 0) is 64.3 Å². The number of hydrogen-bond acceptors (Lipinski definition) is 4. The van der Waals surface area contributed by atoms with Crippen molar-refractivity contribution in [1.82, 2.24) is 20.4 Å². The third kappa shape index (κ3) is 6.90. The number of alkyl carbamates (subject to hydrolysis) is 1. The Morgan fingerprint density at radius 2 is 1.80 bits per heavy atom. The fourth-order valence-electron chi connectivity index (χ4n) is 4.02. The van der Waals surface area contributed by atoms with Gasteiger partial charge in [-0.15, -0.1) is 0 Å². The number of nitrogens with zero attached hydrogens (tertiary/aromatic N) is 3. The fourth-order valence-corrected chi connectivity index (χ4v) is 4.02. The molecule has 3 rings (SSSR count). The Morgan fingerprint density at radius 3 is 2.43 bits per heavy atom. The summed E-state index contributed by atoms with van der Waals surface area (Å²) in [6.07, 6.45) is 3.18. The molecule has 0 radical (unpaired) electrons. The highest BCUT2D eigenvalue weighted by molar-refractivity contribution is 5.80. The van der Waals surface area contributed by atoms with Crippen molar-refractivity contribution in [2.45, 2.75) is 64.8 Å². The number of carbonyl (C=O) groups excluding carboxylic acids is 1. The number of hydrogen-bond donors (Lipinski definition) is 2. The van der Waals surface area contributed by atoms with Gasteiger partial charge in [-0.25, -0.2) is 4.79 Å². The molecule has 0 saturated carbocycles. The molecular weight excluding hydrogens is 378 g/mol. The van der Waals surface area contributed by atoms with E-state index >= 15 is 0 Å². The number of nitrogens with one attached hydrogen (secondary N) is 2. The van der Waals surface area contributed by atoms with Crippen molar-refractivity contribution in [3.63, 3.8) is 0 Å². The lowest BCUT2D eigenvalue weighted by Crippen LogP contribution is -2.44. The first-order chi connectivity index (χ1) is 14.3. The van der Waals surface area contributed by atoms with E-state index in [2.05, 4.69) is 49.7 Å². The average Bonchev–Trinajstić information content (AvgIpc) is 3.34. The van der Waals surface area contributed by atoms with Gasteiger partial charge in [-0.2, -0.15) is 0 Å². The first kappa shape index (κ1) is 22.4. The summed E-state index contributed by atoms with van der Waals surface area (Å²) in [6, 6.07) is 8.93. The van der Waals surface area contributed by atoms with Gasteiger partial charge in [0, 0.05) is 33.2 Å². The van der Waals surface area contributed by atoms with E-state index in [1.165, 1.54) is 37.1 Å². The summed E-state index contributed by atoms with van der Waals surface area (Å²) >= 11 is 0. The molecule has 1 aromatic carbocycles. The molecule has 1 aromatic rings. The first-order valence-electron chi connectivity index (χ1n) is 11.1. The molecule has 7 heteroatoms. The van der Waals surface area contributed by atoms with Crippen LogP contribution in [0.4, 0.5) is 4.79 Å². The minimum atomic E-state index is -0.482. The zero-order chi connectivity index (χ0) is 21.6. The predicted molar refractivity (Wildman–Crippen MR) is 120 cm³/mol. The van der Waals surface area contributed by atoms with Crippen molar-refractivity contribution in [2.24, 2.45) is 4.99 Å². The number of carbonyl (C=O) groups is 1. The van der Waals surface area contributed by atoms with Crippen LogP contribution in [0, 0.1) is 0 Å². The van der Waals surface area contributed by atoms with Crippen LogP contribution in [-0.4, -0.2) is 66.7 Å². The van der Waals surface area contributed by atoms with Crippen LogP contribution in [-0.2, 0) is 17.8 Å².